The van der Waals surface area contributed by atoms with E-state index >= 15 is 0 Å². The summed E-state index contributed by atoms with van der Waals surface area (Å²) < 4.78 is 54.3. The van der Waals surface area contributed by atoms with Gasteiger partial charge in [0.2, 0.25) is 11.8 Å². The number of thiophene rings is 2. The molecule has 1 aromatic carbocycles. The van der Waals surface area contributed by atoms with Crippen LogP contribution in [0, 0.1) is 0 Å². The Bertz CT molecular complexity index is 1230. The van der Waals surface area contributed by atoms with Gasteiger partial charge in [-0.25, -0.2) is 8.61 Å². The molecule has 34 heavy (non-hydrogen) atoms. The molecular weight excluding hydrogens is 517 g/mol. The van der Waals surface area contributed by atoms with Crippen LogP contribution in [0.25, 0.3) is 0 Å². The summed E-state index contributed by atoms with van der Waals surface area (Å²) in [6, 6.07) is 11.3. The molecule has 0 aliphatic carbocycles. The Morgan fingerprint density at radius 1 is 0.676 bits per heavy atom. The second-order valence-corrected chi connectivity index (χ2v) is 13.1. The molecule has 2 amide bonds. The quantitative estimate of drug-likeness (QED) is 0.364. The zero-order valence-electron chi connectivity index (χ0n) is 18.6. The van der Waals surface area contributed by atoms with Crippen LogP contribution in [0.1, 0.15) is 39.5 Å². The predicted octanol–water partition coefficient (Wildman–Crippen LogP) is 4.85. The van der Waals surface area contributed by atoms with Crippen LogP contribution >= 0.6 is 22.7 Å². The molecule has 3 rings (SSSR count). The molecular formula is C22H24N2O6S4. The molecule has 2 heterocycles. The number of benzene rings is 1. The average molecular weight is 541 g/mol. The monoisotopic (exact) mass is 540 g/mol. The Morgan fingerprint density at radius 2 is 1.03 bits per heavy atom. The number of hydrogen-bond acceptors (Lipinski definition) is 8. The van der Waals surface area contributed by atoms with Crippen molar-refractivity contribution in [3.63, 3.8) is 0 Å². The molecule has 0 spiro atoms. The van der Waals surface area contributed by atoms with E-state index in [0.29, 0.717) is 12.8 Å². The number of hydrogen-bond donors (Lipinski definition) is 0. The first kappa shape index (κ1) is 26.1. The number of rotatable bonds is 10. The molecule has 182 valence electrons. The highest BCUT2D eigenvalue weighted by molar-refractivity contribution is 7.95. The molecule has 8 nitrogen and oxygen atoms in total. The summed E-state index contributed by atoms with van der Waals surface area (Å²) in [7, 11) is -8.30. The number of amides is 2. The van der Waals surface area contributed by atoms with E-state index < -0.39 is 31.9 Å². The van der Waals surface area contributed by atoms with E-state index in [0.717, 1.165) is 31.3 Å². The first-order valence-corrected chi connectivity index (χ1v) is 15.1. The summed E-state index contributed by atoms with van der Waals surface area (Å²) in [6.45, 7) is 3.53. The molecule has 0 N–H and O–H groups in total. The smallest absolute Gasteiger partial charge is 0.273 e. The van der Waals surface area contributed by atoms with Crippen molar-refractivity contribution in [3.8, 4) is 0 Å². The maximum atomic E-state index is 13.2. The van der Waals surface area contributed by atoms with Crippen molar-refractivity contribution in [2.75, 3.05) is 8.61 Å². The molecule has 0 saturated carbocycles. The summed E-state index contributed by atoms with van der Waals surface area (Å²) in [5, 5.41) is 3.20. The van der Waals surface area contributed by atoms with Gasteiger partial charge in [0, 0.05) is 12.8 Å². The molecule has 3 aromatic rings. The van der Waals surface area contributed by atoms with E-state index in [1.54, 1.807) is 36.7 Å². The maximum absolute atomic E-state index is 13.2. The van der Waals surface area contributed by atoms with E-state index in [4.69, 9.17) is 0 Å². The van der Waals surface area contributed by atoms with Crippen LogP contribution in [0.15, 0.2) is 67.7 Å². The SMILES string of the molecule is CCCC(=O)N(c1ccc(N(C(=O)CCC)S(=O)(=O)c2cccs2)cc1)S(=O)(=O)c1cccs1. The van der Waals surface area contributed by atoms with Crippen molar-refractivity contribution in [2.45, 2.75) is 47.9 Å². The zero-order chi connectivity index (χ0) is 24.9. The van der Waals surface area contributed by atoms with E-state index in [1.165, 1.54) is 36.4 Å². The Labute approximate surface area is 207 Å². The van der Waals surface area contributed by atoms with Crippen molar-refractivity contribution in [1.82, 2.24) is 0 Å². The van der Waals surface area contributed by atoms with E-state index in [2.05, 4.69) is 0 Å². The van der Waals surface area contributed by atoms with Gasteiger partial charge in [0.1, 0.15) is 8.42 Å². The highest BCUT2D eigenvalue weighted by Gasteiger charge is 2.33. The summed E-state index contributed by atoms with van der Waals surface area (Å²) >= 11 is 1.99. The first-order chi connectivity index (χ1) is 16.1. The minimum Gasteiger partial charge on any atom is -0.273 e. The van der Waals surface area contributed by atoms with Crippen LogP contribution in [-0.4, -0.2) is 28.6 Å². The van der Waals surface area contributed by atoms with Crippen LogP contribution in [0.4, 0.5) is 11.4 Å². The molecule has 0 bridgehead atoms. The molecule has 0 fully saturated rings. The Morgan fingerprint density at radius 3 is 1.29 bits per heavy atom. The van der Waals surface area contributed by atoms with Gasteiger partial charge in [-0.1, -0.05) is 26.0 Å². The Hall–Kier alpha value is -2.54. The van der Waals surface area contributed by atoms with Crippen LogP contribution < -0.4 is 8.61 Å². The van der Waals surface area contributed by atoms with Crippen LogP contribution in [0.3, 0.4) is 0 Å². The van der Waals surface area contributed by atoms with Crippen molar-refractivity contribution >= 4 is 65.9 Å². The lowest BCUT2D eigenvalue weighted by molar-refractivity contribution is -0.118. The summed E-state index contributed by atoms with van der Waals surface area (Å²) in [4.78, 5) is 25.6. The zero-order valence-corrected chi connectivity index (χ0v) is 21.8. The number of nitrogens with zero attached hydrogens (tertiary/aromatic N) is 2. The van der Waals surface area contributed by atoms with Gasteiger partial charge >= 0.3 is 0 Å². The predicted molar refractivity (Wildman–Crippen MR) is 134 cm³/mol. The van der Waals surface area contributed by atoms with Gasteiger partial charge in [-0.15, -0.1) is 22.7 Å². The Balaban J connectivity index is 2.07. The largest absolute Gasteiger partial charge is 0.280 e. The summed E-state index contributed by atoms with van der Waals surface area (Å²) in [5.74, 6) is -1.21. The lowest BCUT2D eigenvalue weighted by Gasteiger charge is -2.24. The molecule has 0 aliphatic heterocycles. The minimum absolute atomic E-state index is 0.0141. The molecule has 0 radical (unpaired) electrons. The standard InChI is InChI=1S/C22H24N2O6S4/c1-3-7-19(25)23(33(27,28)21-9-5-15-31-21)17-11-13-18(14-12-17)24(20(26)8-4-2)34(29,30)22-10-6-16-32-22/h5-6,9-16H,3-4,7-8H2,1-2H3. The van der Waals surface area contributed by atoms with Crippen LogP contribution in [0.5, 0.6) is 0 Å². The normalized spacial score (nSPS) is 11.8. The summed E-state index contributed by atoms with van der Waals surface area (Å²) in [5.41, 5.74) is 0.124. The fraction of sp³-hybridized carbons (Fsp3) is 0.273. The van der Waals surface area contributed by atoms with E-state index in [1.807, 2.05) is 0 Å². The molecule has 0 aliphatic rings. The lowest BCUT2D eigenvalue weighted by atomic mass is 10.2. The molecule has 2 aromatic heterocycles. The minimum atomic E-state index is -4.15. The molecule has 0 atom stereocenters. The fourth-order valence-corrected chi connectivity index (χ4v) is 8.22. The van der Waals surface area contributed by atoms with Gasteiger partial charge < -0.3 is 0 Å². The van der Waals surface area contributed by atoms with Gasteiger partial charge in [-0.3, -0.25) is 9.59 Å². The van der Waals surface area contributed by atoms with E-state index in [-0.39, 0.29) is 32.6 Å². The average Bonchev–Trinajstić information content (AvgIpc) is 3.50. The third-order valence-corrected chi connectivity index (χ3v) is 10.9. The molecule has 0 saturated heterocycles. The van der Waals surface area contributed by atoms with Gasteiger partial charge in [0.25, 0.3) is 20.0 Å². The second-order valence-electron chi connectivity index (χ2n) is 7.21. The second kappa shape index (κ2) is 10.8. The number of sulfonamides is 2. The maximum Gasteiger partial charge on any atom is 0.280 e. The summed E-state index contributed by atoms with van der Waals surface area (Å²) in [6.07, 6.45) is 0.928. The van der Waals surface area contributed by atoms with Gasteiger partial charge in [0.15, 0.2) is 0 Å². The number of carbonyl (C=O) groups is 2. The van der Waals surface area contributed by atoms with Crippen molar-refractivity contribution < 1.29 is 26.4 Å². The van der Waals surface area contributed by atoms with Gasteiger partial charge in [-0.2, -0.15) is 16.8 Å². The lowest BCUT2D eigenvalue weighted by Crippen LogP contribution is -2.37. The number of carbonyl (C=O) groups excluding carboxylic acids is 2. The number of anilines is 2. The topological polar surface area (TPSA) is 109 Å². The fourth-order valence-electron chi connectivity index (χ4n) is 3.19. The van der Waals surface area contributed by atoms with Crippen LogP contribution in [-0.2, 0) is 29.6 Å². The van der Waals surface area contributed by atoms with Gasteiger partial charge in [-0.05, 0) is 60.0 Å². The van der Waals surface area contributed by atoms with Crippen molar-refractivity contribution in [3.05, 3.63) is 59.3 Å². The molecule has 12 heteroatoms. The third kappa shape index (κ3) is 5.24. The van der Waals surface area contributed by atoms with Crippen molar-refractivity contribution in [1.29, 1.82) is 0 Å². The van der Waals surface area contributed by atoms with Gasteiger partial charge in [0.05, 0.1) is 11.4 Å². The highest BCUT2D eigenvalue weighted by Crippen LogP contribution is 2.32. The Kier molecular flexibility index (Phi) is 8.29. The molecule has 0 unspecified atom stereocenters. The first-order valence-electron chi connectivity index (χ1n) is 10.5. The van der Waals surface area contributed by atoms with Crippen molar-refractivity contribution in [2.24, 2.45) is 0 Å². The van der Waals surface area contributed by atoms with E-state index in [9.17, 15) is 26.4 Å². The van der Waals surface area contributed by atoms with Crippen LogP contribution in [0.2, 0.25) is 0 Å². The highest BCUT2D eigenvalue weighted by atomic mass is 32.3. The third-order valence-electron chi connectivity index (χ3n) is 4.68.